The second kappa shape index (κ2) is 10.0. The topological polar surface area (TPSA) is 102 Å². The van der Waals surface area contributed by atoms with E-state index in [2.05, 4.69) is 20.9 Å². The van der Waals surface area contributed by atoms with Crippen molar-refractivity contribution in [2.24, 2.45) is 0 Å². The number of carbonyl (C=O) groups is 1. The zero-order chi connectivity index (χ0) is 23.2. The molecule has 0 aliphatic heterocycles. The molecule has 0 fully saturated rings. The number of amides is 1. The van der Waals surface area contributed by atoms with Crippen LogP contribution in [0.5, 0.6) is 11.5 Å². The quantitative estimate of drug-likeness (QED) is 0.340. The molecule has 0 atom stereocenters. The lowest BCUT2D eigenvalue weighted by Crippen LogP contribution is -2.30. The summed E-state index contributed by atoms with van der Waals surface area (Å²) in [5.74, 6) is 1.75. The van der Waals surface area contributed by atoms with Crippen LogP contribution in [0.1, 0.15) is 10.4 Å². The average molecular weight is 447 g/mol. The van der Waals surface area contributed by atoms with Gasteiger partial charge in [0.1, 0.15) is 0 Å². The van der Waals surface area contributed by atoms with Crippen LogP contribution < -0.4 is 25.4 Å². The Bertz CT molecular complexity index is 1250. The summed E-state index contributed by atoms with van der Waals surface area (Å²) in [7, 11) is 5.04. The van der Waals surface area contributed by atoms with Crippen molar-refractivity contribution in [1.82, 2.24) is 25.0 Å². The number of aromatic nitrogens is 3. The summed E-state index contributed by atoms with van der Waals surface area (Å²) in [6, 6.07) is 12.9. The van der Waals surface area contributed by atoms with Gasteiger partial charge >= 0.3 is 0 Å². The molecule has 3 N–H and O–H groups in total. The molecule has 0 saturated heterocycles. The fourth-order valence-electron chi connectivity index (χ4n) is 3.40. The Morgan fingerprint density at radius 3 is 2.55 bits per heavy atom. The number of ether oxygens (including phenoxy) is 2. The maximum absolute atomic E-state index is 12.3. The molecule has 0 radical (unpaired) electrons. The maximum Gasteiger partial charge on any atom is 0.251 e. The Hall–Kier alpha value is -4.11. The zero-order valence-corrected chi connectivity index (χ0v) is 18.8. The molecular formula is C24H26N6O3. The highest BCUT2D eigenvalue weighted by Gasteiger charge is 2.12. The summed E-state index contributed by atoms with van der Waals surface area (Å²) in [4.78, 5) is 21.5. The fourth-order valence-corrected chi connectivity index (χ4v) is 3.40. The number of hydrogen-bond acceptors (Lipinski definition) is 7. The van der Waals surface area contributed by atoms with Gasteiger partial charge in [0.15, 0.2) is 23.0 Å². The molecule has 0 aliphatic rings. The van der Waals surface area contributed by atoms with E-state index in [1.165, 1.54) is 0 Å². The Labute approximate surface area is 191 Å². The third-order valence-electron chi connectivity index (χ3n) is 5.12. The molecule has 9 heteroatoms. The molecule has 2 aromatic carbocycles. The Balaban J connectivity index is 1.62. The van der Waals surface area contributed by atoms with Gasteiger partial charge in [0, 0.05) is 54.6 Å². The number of nitrogens with one attached hydrogen (secondary N) is 3. The van der Waals surface area contributed by atoms with Gasteiger partial charge in [-0.1, -0.05) is 12.1 Å². The highest BCUT2D eigenvalue weighted by atomic mass is 16.5. The van der Waals surface area contributed by atoms with Gasteiger partial charge in [-0.2, -0.15) is 0 Å². The number of fused-ring (bicyclic) bond motifs is 1. The van der Waals surface area contributed by atoms with Crippen LogP contribution in [0.15, 0.2) is 61.1 Å². The highest BCUT2D eigenvalue weighted by Crippen LogP contribution is 2.32. The number of anilines is 2. The van der Waals surface area contributed by atoms with Crippen molar-refractivity contribution in [3.05, 3.63) is 66.6 Å². The molecule has 0 aliphatic carbocycles. The molecule has 9 nitrogen and oxygen atoms in total. The van der Waals surface area contributed by atoms with Gasteiger partial charge in [-0.25, -0.2) is 9.97 Å². The van der Waals surface area contributed by atoms with E-state index in [0.29, 0.717) is 41.6 Å². The minimum absolute atomic E-state index is 0.106. The largest absolute Gasteiger partial charge is 0.493 e. The van der Waals surface area contributed by atoms with E-state index in [1.807, 2.05) is 54.2 Å². The molecule has 170 valence electrons. The lowest BCUT2D eigenvalue weighted by molar-refractivity contribution is 0.0954. The van der Waals surface area contributed by atoms with Crippen molar-refractivity contribution < 1.29 is 14.3 Å². The van der Waals surface area contributed by atoms with Gasteiger partial charge in [0.2, 0.25) is 0 Å². The molecule has 0 spiro atoms. The average Bonchev–Trinajstić information content (AvgIpc) is 3.33. The first kappa shape index (κ1) is 22.1. The van der Waals surface area contributed by atoms with Crippen LogP contribution in [0, 0.1) is 0 Å². The lowest BCUT2D eigenvalue weighted by Gasteiger charge is -2.13. The van der Waals surface area contributed by atoms with Gasteiger partial charge in [-0.3, -0.25) is 4.79 Å². The number of hydrogen-bond donors (Lipinski definition) is 3. The predicted octanol–water partition coefficient (Wildman–Crippen LogP) is 3.11. The summed E-state index contributed by atoms with van der Waals surface area (Å²) in [5.41, 5.74) is 3.70. The van der Waals surface area contributed by atoms with Crippen molar-refractivity contribution in [3.63, 3.8) is 0 Å². The Morgan fingerprint density at radius 2 is 1.82 bits per heavy atom. The van der Waals surface area contributed by atoms with Crippen LogP contribution in [0.2, 0.25) is 0 Å². The standard InChI is InChI=1S/C24H26N6O3/c1-25-10-11-27-24(31)17-6-4-16(5-7-17)19-15-30-13-12-26-23(30)22(29-19)28-18-8-9-20(32-2)21(14-18)33-3/h4-9,12-15,25H,10-11H2,1-3H3,(H,27,31)(H,28,29). The summed E-state index contributed by atoms with van der Waals surface area (Å²) in [6.07, 6.45) is 5.49. The lowest BCUT2D eigenvalue weighted by atomic mass is 10.1. The van der Waals surface area contributed by atoms with E-state index < -0.39 is 0 Å². The number of rotatable bonds is 9. The molecule has 4 aromatic rings. The molecule has 33 heavy (non-hydrogen) atoms. The van der Waals surface area contributed by atoms with Crippen LogP contribution >= 0.6 is 0 Å². The molecule has 2 heterocycles. The summed E-state index contributed by atoms with van der Waals surface area (Å²) in [5, 5.41) is 9.21. The van der Waals surface area contributed by atoms with Crippen molar-refractivity contribution in [2.45, 2.75) is 0 Å². The number of methoxy groups -OCH3 is 2. The minimum Gasteiger partial charge on any atom is -0.493 e. The smallest absolute Gasteiger partial charge is 0.251 e. The summed E-state index contributed by atoms with van der Waals surface area (Å²) >= 11 is 0. The molecular weight excluding hydrogens is 420 g/mol. The fraction of sp³-hybridized carbons (Fsp3) is 0.208. The summed E-state index contributed by atoms with van der Waals surface area (Å²) in [6.45, 7) is 1.29. The third kappa shape index (κ3) is 4.88. The number of carbonyl (C=O) groups excluding carboxylic acids is 1. The second-order valence-corrected chi connectivity index (χ2v) is 7.26. The monoisotopic (exact) mass is 446 g/mol. The normalized spacial score (nSPS) is 10.8. The SMILES string of the molecule is CNCCNC(=O)c1ccc(-c2cn3ccnc3c(Nc3ccc(OC)c(OC)c3)n2)cc1. The third-order valence-corrected chi connectivity index (χ3v) is 5.12. The molecule has 4 rings (SSSR count). The van der Waals surface area contributed by atoms with Gasteiger partial charge in [0.25, 0.3) is 5.91 Å². The first-order valence-electron chi connectivity index (χ1n) is 10.5. The molecule has 2 aromatic heterocycles. The Kier molecular flexibility index (Phi) is 6.70. The van der Waals surface area contributed by atoms with E-state index >= 15 is 0 Å². The Morgan fingerprint density at radius 1 is 1.03 bits per heavy atom. The van der Waals surface area contributed by atoms with Crippen LogP contribution in [0.4, 0.5) is 11.5 Å². The molecule has 1 amide bonds. The number of benzene rings is 2. The van der Waals surface area contributed by atoms with E-state index in [4.69, 9.17) is 14.5 Å². The van der Waals surface area contributed by atoms with Gasteiger partial charge < -0.3 is 29.8 Å². The summed E-state index contributed by atoms with van der Waals surface area (Å²) < 4.78 is 12.6. The molecule has 0 unspecified atom stereocenters. The second-order valence-electron chi connectivity index (χ2n) is 7.26. The van der Waals surface area contributed by atoms with Gasteiger partial charge in [-0.15, -0.1) is 0 Å². The van der Waals surface area contributed by atoms with Crippen LogP contribution in [0.3, 0.4) is 0 Å². The van der Waals surface area contributed by atoms with Crippen LogP contribution in [-0.2, 0) is 0 Å². The maximum atomic E-state index is 12.3. The first-order chi connectivity index (χ1) is 16.1. The minimum atomic E-state index is -0.106. The zero-order valence-electron chi connectivity index (χ0n) is 18.8. The van der Waals surface area contributed by atoms with Gasteiger partial charge in [-0.05, 0) is 31.3 Å². The van der Waals surface area contributed by atoms with Crippen molar-refractivity contribution in [2.75, 3.05) is 39.7 Å². The van der Waals surface area contributed by atoms with E-state index in [-0.39, 0.29) is 5.91 Å². The highest BCUT2D eigenvalue weighted by molar-refractivity contribution is 5.94. The van der Waals surface area contributed by atoms with Crippen molar-refractivity contribution in [3.8, 4) is 22.8 Å². The number of likely N-dealkylation sites (N-methyl/N-ethyl adjacent to an activating group) is 1. The number of imidazole rings is 1. The van der Waals surface area contributed by atoms with E-state index in [0.717, 1.165) is 16.9 Å². The van der Waals surface area contributed by atoms with Crippen LogP contribution in [0.25, 0.3) is 16.9 Å². The molecule has 0 saturated carbocycles. The van der Waals surface area contributed by atoms with Crippen molar-refractivity contribution in [1.29, 1.82) is 0 Å². The van der Waals surface area contributed by atoms with E-state index in [1.54, 1.807) is 32.5 Å². The first-order valence-corrected chi connectivity index (χ1v) is 10.5. The predicted molar refractivity (Wildman–Crippen MR) is 128 cm³/mol. The van der Waals surface area contributed by atoms with Gasteiger partial charge in [0.05, 0.1) is 19.9 Å². The molecule has 0 bridgehead atoms. The van der Waals surface area contributed by atoms with E-state index in [9.17, 15) is 4.79 Å². The van der Waals surface area contributed by atoms with Crippen molar-refractivity contribution >= 4 is 23.1 Å². The number of nitrogens with zero attached hydrogens (tertiary/aromatic N) is 3. The van der Waals surface area contributed by atoms with Crippen LogP contribution in [-0.4, -0.2) is 54.6 Å².